The molecule has 2 aromatic rings. The van der Waals surface area contributed by atoms with Crippen LogP contribution in [-0.4, -0.2) is 50.0 Å². The predicted molar refractivity (Wildman–Crippen MR) is 108 cm³/mol. The number of nitrogens with zero attached hydrogens (tertiary/aromatic N) is 1. The lowest BCUT2D eigenvalue weighted by atomic mass is 9.78. The molecule has 5 nitrogen and oxygen atoms in total. The molecule has 0 amide bonds. The number of benzene rings is 2. The van der Waals surface area contributed by atoms with Crippen molar-refractivity contribution in [2.75, 3.05) is 40.0 Å². The maximum absolute atomic E-state index is 9.04. The fourth-order valence-corrected chi connectivity index (χ4v) is 4.54. The number of aliphatic hydroxyl groups excluding tert-OH is 1. The number of methoxy groups -OCH3 is 1. The van der Waals surface area contributed by atoms with Gasteiger partial charge in [-0.05, 0) is 37.0 Å². The number of hydrogen-bond acceptors (Lipinski definition) is 5. The summed E-state index contributed by atoms with van der Waals surface area (Å²) in [6.07, 6.45) is 2.87. The molecule has 2 heterocycles. The minimum Gasteiger partial charge on any atom is -0.496 e. The summed E-state index contributed by atoms with van der Waals surface area (Å²) < 4.78 is 17.8. The maximum Gasteiger partial charge on any atom is 0.125 e. The Morgan fingerprint density at radius 2 is 1.86 bits per heavy atom. The summed E-state index contributed by atoms with van der Waals surface area (Å²) in [5.74, 6) is 1.81. The average Bonchev–Trinajstić information content (AvgIpc) is 2.74. The first-order chi connectivity index (χ1) is 13.8. The van der Waals surface area contributed by atoms with Crippen molar-refractivity contribution in [2.45, 2.75) is 31.4 Å². The molecule has 0 aliphatic carbocycles. The number of likely N-dealkylation sites (tertiary alicyclic amines) is 1. The van der Waals surface area contributed by atoms with E-state index in [0.717, 1.165) is 62.6 Å². The molecule has 1 fully saturated rings. The van der Waals surface area contributed by atoms with Crippen LogP contribution in [0.3, 0.4) is 0 Å². The fraction of sp³-hybridized carbons (Fsp3) is 0.478. The van der Waals surface area contributed by atoms with Gasteiger partial charge in [0, 0.05) is 30.8 Å². The van der Waals surface area contributed by atoms with E-state index in [1.807, 2.05) is 18.2 Å². The van der Waals surface area contributed by atoms with Crippen molar-refractivity contribution in [2.24, 2.45) is 0 Å². The van der Waals surface area contributed by atoms with Gasteiger partial charge in [-0.2, -0.15) is 0 Å². The maximum atomic E-state index is 9.04. The second-order valence-corrected chi connectivity index (χ2v) is 7.54. The van der Waals surface area contributed by atoms with E-state index in [1.165, 1.54) is 11.1 Å². The zero-order chi connectivity index (χ0) is 19.4. The standard InChI is InChI=1S/C23H29NO4/c1-26-21-8-4-6-18-9-15-28-23(22(18)21)10-12-24(13-11-23)17-19-5-2-3-7-20(19)27-16-14-25/h2-8,25H,9-17H2,1H3. The molecule has 0 radical (unpaired) electrons. The van der Waals surface area contributed by atoms with Gasteiger partial charge < -0.3 is 19.3 Å². The largest absolute Gasteiger partial charge is 0.496 e. The monoisotopic (exact) mass is 383 g/mol. The highest BCUT2D eigenvalue weighted by atomic mass is 16.5. The van der Waals surface area contributed by atoms with Gasteiger partial charge >= 0.3 is 0 Å². The summed E-state index contributed by atoms with van der Waals surface area (Å²) in [5.41, 5.74) is 3.55. The number of aliphatic hydroxyl groups is 1. The van der Waals surface area contributed by atoms with Crippen LogP contribution in [0.4, 0.5) is 0 Å². The lowest BCUT2D eigenvalue weighted by molar-refractivity contribution is -0.100. The summed E-state index contributed by atoms with van der Waals surface area (Å²) in [7, 11) is 1.75. The summed E-state index contributed by atoms with van der Waals surface area (Å²) >= 11 is 0. The quantitative estimate of drug-likeness (QED) is 0.831. The molecule has 0 bridgehead atoms. The topological polar surface area (TPSA) is 51.2 Å². The first kappa shape index (κ1) is 19.2. The van der Waals surface area contributed by atoms with Gasteiger partial charge in [0.2, 0.25) is 0 Å². The number of piperidine rings is 1. The molecule has 0 saturated carbocycles. The van der Waals surface area contributed by atoms with E-state index in [9.17, 15) is 0 Å². The molecule has 1 spiro atoms. The van der Waals surface area contributed by atoms with Crippen LogP contribution in [0.25, 0.3) is 0 Å². The molecule has 2 aromatic carbocycles. The van der Waals surface area contributed by atoms with Gasteiger partial charge in [0.05, 0.1) is 25.9 Å². The van der Waals surface area contributed by atoms with Gasteiger partial charge in [0.1, 0.15) is 18.1 Å². The van der Waals surface area contributed by atoms with Gasteiger partial charge in [-0.25, -0.2) is 0 Å². The number of para-hydroxylation sites is 1. The Balaban J connectivity index is 1.48. The number of rotatable bonds is 6. The van der Waals surface area contributed by atoms with Crippen molar-refractivity contribution in [1.29, 1.82) is 0 Å². The smallest absolute Gasteiger partial charge is 0.125 e. The van der Waals surface area contributed by atoms with Crippen LogP contribution in [0.15, 0.2) is 42.5 Å². The van der Waals surface area contributed by atoms with E-state index in [1.54, 1.807) is 7.11 Å². The Labute approximate surface area is 166 Å². The molecule has 5 heteroatoms. The number of ether oxygens (including phenoxy) is 3. The Morgan fingerprint density at radius 1 is 1.07 bits per heavy atom. The third-order valence-corrected chi connectivity index (χ3v) is 5.92. The second kappa shape index (κ2) is 8.52. The summed E-state index contributed by atoms with van der Waals surface area (Å²) in [5, 5.41) is 9.04. The number of fused-ring (bicyclic) bond motifs is 2. The van der Waals surface area contributed by atoms with Crippen LogP contribution in [-0.2, 0) is 23.3 Å². The van der Waals surface area contributed by atoms with E-state index in [4.69, 9.17) is 19.3 Å². The van der Waals surface area contributed by atoms with Gasteiger partial charge in [0.25, 0.3) is 0 Å². The van der Waals surface area contributed by atoms with Crippen molar-refractivity contribution >= 4 is 0 Å². The third-order valence-electron chi connectivity index (χ3n) is 5.92. The normalized spacial score (nSPS) is 18.6. The van der Waals surface area contributed by atoms with E-state index in [2.05, 4.69) is 29.2 Å². The van der Waals surface area contributed by atoms with Gasteiger partial charge in [0.15, 0.2) is 0 Å². The fourth-order valence-electron chi connectivity index (χ4n) is 4.54. The molecule has 1 N–H and O–H groups in total. The predicted octanol–water partition coefficient (Wildman–Crippen LogP) is 3.13. The first-order valence-corrected chi connectivity index (χ1v) is 10.1. The van der Waals surface area contributed by atoms with Crippen LogP contribution in [0, 0.1) is 0 Å². The Kier molecular flexibility index (Phi) is 5.85. The Hall–Kier alpha value is -2.08. The number of hydrogen-bond donors (Lipinski definition) is 1. The highest BCUT2D eigenvalue weighted by Gasteiger charge is 2.42. The van der Waals surface area contributed by atoms with Crippen molar-refractivity contribution in [3.8, 4) is 11.5 Å². The van der Waals surface area contributed by atoms with Crippen LogP contribution >= 0.6 is 0 Å². The molecule has 1 saturated heterocycles. The van der Waals surface area contributed by atoms with E-state index in [0.29, 0.717) is 6.61 Å². The Morgan fingerprint density at radius 3 is 2.64 bits per heavy atom. The summed E-state index contributed by atoms with van der Waals surface area (Å²) in [6, 6.07) is 14.4. The van der Waals surface area contributed by atoms with E-state index in [-0.39, 0.29) is 12.2 Å². The van der Waals surface area contributed by atoms with E-state index < -0.39 is 0 Å². The minimum atomic E-state index is -0.233. The lowest BCUT2D eigenvalue weighted by Crippen LogP contribution is -2.46. The van der Waals surface area contributed by atoms with Gasteiger partial charge in [-0.15, -0.1) is 0 Å². The van der Waals surface area contributed by atoms with Crippen molar-refractivity contribution in [3.63, 3.8) is 0 Å². The van der Waals surface area contributed by atoms with Crippen molar-refractivity contribution < 1.29 is 19.3 Å². The minimum absolute atomic E-state index is 0.0269. The second-order valence-electron chi connectivity index (χ2n) is 7.54. The van der Waals surface area contributed by atoms with Crippen molar-refractivity contribution in [1.82, 2.24) is 4.90 Å². The van der Waals surface area contributed by atoms with Crippen LogP contribution in [0.5, 0.6) is 11.5 Å². The third kappa shape index (κ3) is 3.75. The zero-order valence-electron chi connectivity index (χ0n) is 16.5. The van der Waals surface area contributed by atoms with Crippen LogP contribution in [0.1, 0.15) is 29.5 Å². The molecule has 0 atom stereocenters. The molecule has 2 aliphatic heterocycles. The Bertz CT molecular complexity index is 785. The SMILES string of the molecule is COc1cccc2c1C1(CCN(Cc3ccccc3OCCO)CC1)OCC2. The molecule has 2 aliphatic rings. The highest BCUT2D eigenvalue weighted by Crippen LogP contribution is 2.46. The molecule has 28 heavy (non-hydrogen) atoms. The van der Waals surface area contributed by atoms with E-state index >= 15 is 0 Å². The summed E-state index contributed by atoms with van der Waals surface area (Å²) in [6.45, 7) is 3.90. The molecular weight excluding hydrogens is 354 g/mol. The van der Waals surface area contributed by atoms with Gasteiger partial charge in [-0.3, -0.25) is 4.90 Å². The molecule has 4 rings (SSSR count). The molecule has 0 aromatic heterocycles. The first-order valence-electron chi connectivity index (χ1n) is 10.1. The molecular formula is C23H29NO4. The van der Waals surface area contributed by atoms with Gasteiger partial charge in [-0.1, -0.05) is 30.3 Å². The summed E-state index contributed by atoms with van der Waals surface area (Å²) in [4.78, 5) is 2.46. The average molecular weight is 383 g/mol. The van der Waals surface area contributed by atoms with Crippen molar-refractivity contribution in [3.05, 3.63) is 59.2 Å². The van der Waals surface area contributed by atoms with Crippen LogP contribution < -0.4 is 9.47 Å². The lowest BCUT2D eigenvalue weighted by Gasteiger charge is -2.45. The molecule has 150 valence electrons. The molecule has 0 unspecified atom stereocenters. The highest BCUT2D eigenvalue weighted by molar-refractivity contribution is 5.46. The zero-order valence-corrected chi connectivity index (χ0v) is 16.5. The van der Waals surface area contributed by atoms with Crippen LogP contribution in [0.2, 0.25) is 0 Å².